The Labute approximate surface area is 205 Å². The summed E-state index contributed by atoms with van der Waals surface area (Å²) in [6.07, 6.45) is 5.22. The van der Waals surface area contributed by atoms with Gasteiger partial charge in [-0.25, -0.2) is 9.59 Å². The van der Waals surface area contributed by atoms with E-state index in [0.717, 1.165) is 0 Å². The molecule has 3 heteroatoms. The second-order valence-corrected chi connectivity index (χ2v) is 8.70. The van der Waals surface area contributed by atoms with E-state index in [0.29, 0.717) is 11.1 Å². The molecule has 0 saturated heterocycles. The van der Waals surface area contributed by atoms with E-state index in [1.165, 1.54) is 47.2 Å². The summed E-state index contributed by atoms with van der Waals surface area (Å²) >= 11 is 0. The predicted octanol–water partition coefficient (Wildman–Crippen LogP) is 7.56. The van der Waals surface area contributed by atoms with Crippen molar-refractivity contribution >= 4 is 33.5 Å². The fourth-order valence-corrected chi connectivity index (χ4v) is 4.69. The lowest BCUT2D eigenvalue weighted by atomic mass is 9.86. The fraction of sp³-hybridized carbons (Fsp3) is 0.125. The standard InChI is InChI=1S/C18H16.C14H10O3/c1-3-7-15-13(5-1)9-11-18-16-8-4-2-6-14(16)10-12-17(15)18;15-13(11-7-3-1-4-8-11)17-14(16)12-9-5-2-6-10-12/h1,3,5,7,9-12H,2,4,6,8H2;1-10H. The third kappa shape index (κ3) is 4.99. The minimum absolute atomic E-state index is 0.358. The maximum atomic E-state index is 11.6. The number of fused-ring (bicyclic) bond motifs is 5. The van der Waals surface area contributed by atoms with E-state index >= 15 is 0 Å². The van der Waals surface area contributed by atoms with Gasteiger partial charge in [-0.3, -0.25) is 0 Å². The zero-order valence-corrected chi connectivity index (χ0v) is 19.4. The normalized spacial score (nSPS) is 12.3. The van der Waals surface area contributed by atoms with E-state index in [-0.39, 0.29) is 0 Å². The summed E-state index contributed by atoms with van der Waals surface area (Å²) in [4.78, 5) is 23.2. The minimum atomic E-state index is -0.639. The van der Waals surface area contributed by atoms with Crippen molar-refractivity contribution < 1.29 is 14.3 Å². The van der Waals surface area contributed by atoms with Crippen molar-refractivity contribution in [3.8, 4) is 0 Å². The Kier molecular flexibility index (Phi) is 6.67. The molecule has 0 amide bonds. The van der Waals surface area contributed by atoms with Gasteiger partial charge in [0.1, 0.15) is 0 Å². The summed E-state index contributed by atoms with van der Waals surface area (Å²) in [5, 5.41) is 5.64. The van der Waals surface area contributed by atoms with Crippen molar-refractivity contribution in [2.75, 3.05) is 0 Å². The highest BCUT2D eigenvalue weighted by molar-refractivity contribution is 6.08. The number of benzene rings is 5. The van der Waals surface area contributed by atoms with Crippen LogP contribution < -0.4 is 0 Å². The number of hydrogen-bond donors (Lipinski definition) is 0. The number of carbonyl (C=O) groups excluding carboxylic acids is 2. The average molecular weight is 459 g/mol. The fourth-order valence-electron chi connectivity index (χ4n) is 4.69. The lowest BCUT2D eigenvalue weighted by Crippen LogP contribution is -2.12. The molecule has 0 N–H and O–H groups in total. The molecule has 5 aromatic rings. The molecule has 1 aliphatic rings. The van der Waals surface area contributed by atoms with Crippen LogP contribution in [-0.4, -0.2) is 11.9 Å². The lowest BCUT2D eigenvalue weighted by Gasteiger charge is -2.18. The minimum Gasteiger partial charge on any atom is -0.386 e. The highest BCUT2D eigenvalue weighted by atomic mass is 16.6. The molecule has 0 bridgehead atoms. The van der Waals surface area contributed by atoms with E-state index in [1.54, 1.807) is 71.8 Å². The monoisotopic (exact) mass is 458 g/mol. The lowest BCUT2D eigenvalue weighted by molar-refractivity contribution is 0.0398. The van der Waals surface area contributed by atoms with Crippen LogP contribution in [0.3, 0.4) is 0 Å². The Hall–Kier alpha value is -4.24. The van der Waals surface area contributed by atoms with Crippen LogP contribution in [0.2, 0.25) is 0 Å². The van der Waals surface area contributed by atoms with Gasteiger partial charge in [-0.2, -0.15) is 0 Å². The number of hydrogen-bond acceptors (Lipinski definition) is 3. The van der Waals surface area contributed by atoms with Crippen LogP contribution in [-0.2, 0) is 17.6 Å². The van der Waals surface area contributed by atoms with Crippen LogP contribution >= 0.6 is 0 Å². The van der Waals surface area contributed by atoms with Crippen molar-refractivity contribution in [1.29, 1.82) is 0 Å². The molecule has 0 atom stereocenters. The molecule has 5 aromatic carbocycles. The van der Waals surface area contributed by atoms with Gasteiger partial charge >= 0.3 is 11.9 Å². The summed E-state index contributed by atoms with van der Waals surface area (Å²) in [5.41, 5.74) is 3.89. The molecule has 35 heavy (non-hydrogen) atoms. The highest BCUT2D eigenvalue weighted by Gasteiger charge is 2.14. The summed E-state index contributed by atoms with van der Waals surface area (Å²) in [7, 11) is 0. The maximum absolute atomic E-state index is 11.6. The number of esters is 2. The van der Waals surface area contributed by atoms with Crippen molar-refractivity contribution in [3.63, 3.8) is 0 Å². The number of carbonyl (C=O) groups is 2. The molecule has 172 valence electrons. The molecule has 0 radical (unpaired) electrons. The Balaban J connectivity index is 0.000000145. The van der Waals surface area contributed by atoms with E-state index in [9.17, 15) is 9.59 Å². The van der Waals surface area contributed by atoms with Crippen LogP contribution in [0.5, 0.6) is 0 Å². The van der Waals surface area contributed by atoms with Gasteiger partial charge in [0.25, 0.3) is 0 Å². The molecular formula is C32H26O3. The maximum Gasteiger partial charge on any atom is 0.346 e. The molecule has 0 aliphatic heterocycles. The molecule has 0 spiro atoms. The zero-order chi connectivity index (χ0) is 24.0. The van der Waals surface area contributed by atoms with Gasteiger partial charge in [0, 0.05) is 0 Å². The SMILES string of the molecule is O=C(OC(=O)c1ccccc1)c1ccccc1.c1ccc2c(c1)ccc1c3c(ccc12)CCCC3. The molecule has 1 aliphatic carbocycles. The first-order valence-electron chi connectivity index (χ1n) is 12.0. The van der Waals surface area contributed by atoms with E-state index in [2.05, 4.69) is 48.5 Å². The van der Waals surface area contributed by atoms with Crippen LogP contribution in [0.25, 0.3) is 21.5 Å². The number of aryl methyl sites for hydroxylation is 2. The van der Waals surface area contributed by atoms with Crippen molar-refractivity contribution in [3.05, 3.63) is 131 Å². The summed E-state index contributed by atoms with van der Waals surface area (Å²) in [6.45, 7) is 0. The van der Waals surface area contributed by atoms with Gasteiger partial charge in [0.15, 0.2) is 0 Å². The van der Waals surface area contributed by atoms with Crippen LogP contribution in [0.15, 0.2) is 109 Å². The zero-order valence-electron chi connectivity index (χ0n) is 19.4. The van der Waals surface area contributed by atoms with Crippen molar-refractivity contribution in [1.82, 2.24) is 0 Å². The van der Waals surface area contributed by atoms with E-state index < -0.39 is 11.9 Å². The van der Waals surface area contributed by atoms with Gasteiger partial charge in [-0.15, -0.1) is 0 Å². The quantitative estimate of drug-likeness (QED) is 0.156. The molecule has 0 saturated carbocycles. The highest BCUT2D eigenvalue weighted by Crippen LogP contribution is 2.33. The first kappa shape index (κ1) is 22.5. The van der Waals surface area contributed by atoms with Crippen LogP contribution in [0.4, 0.5) is 0 Å². The molecule has 0 fully saturated rings. The topological polar surface area (TPSA) is 43.4 Å². The van der Waals surface area contributed by atoms with Gasteiger partial charge in [0.05, 0.1) is 11.1 Å². The third-order valence-corrected chi connectivity index (χ3v) is 6.46. The van der Waals surface area contributed by atoms with Crippen LogP contribution in [0.1, 0.15) is 44.7 Å². The smallest absolute Gasteiger partial charge is 0.346 e. The number of rotatable bonds is 2. The van der Waals surface area contributed by atoms with Crippen molar-refractivity contribution in [2.24, 2.45) is 0 Å². The van der Waals surface area contributed by atoms with E-state index in [1.807, 2.05) is 0 Å². The molecular weight excluding hydrogens is 432 g/mol. The van der Waals surface area contributed by atoms with Crippen LogP contribution in [0, 0.1) is 0 Å². The first-order valence-corrected chi connectivity index (χ1v) is 12.0. The summed E-state index contributed by atoms with van der Waals surface area (Å²) < 4.78 is 4.74. The third-order valence-electron chi connectivity index (χ3n) is 6.46. The number of ether oxygens (including phenoxy) is 1. The van der Waals surface area contributed by atoms with Crippen molar-refractivity contribution in [2.45, 2.75) is 25.7 Å². The van der Waals surface area contributed by atoms with Gasteiger partial charge in [-0.1, -0.05) is 84.9 Å². The molecule has 0 heterocycles. The van der Waals surface area contributed by atoms with Gasteiger partial charge in [0.2, 0.25) is 0 Å². The second-order valence-electron chi connectivity index (χ2n) is 8.70. The largest absolute Gasteiger partial charge is 0.386 e. The predicted molar refractivity (Wildman–Crippen MR) is 141 cm³/mol. The summed E-state index contributed by atoms with van der Waals surface area (Å²) in [5.74, 6) is -1.28. The molecule has 6 rings (SSSR count). The molecule has 0 unspecified atom stereocenters. The summed E-state index contributed by atoms with van der Waals surface area (Å²) in [6, 6.07) is 34.8. The average Bonchev–Trinajstić information content (AvgIpc) is 2.94. The Morgan fingerprint density at radius 1 is 0.514 bits per heavy atom. The Morgan fingerprint density at radius 2 is 1.09 bits per heavy atom. The Bertz CT molecular complexity index is 1440. The van der Waals surface area contributed by atoms with Gasteiger partial charge in [-0.05, 0) is 82.6 Å². The first-order chi connectivity index (χ1) is 17.2. The second kappa shape index (κ2) is 10.4. The van der Waals surface area contributed by atoms with Gasteiger partial charge < -0.3 is 4.74 Å². The molecule has 3 nitrogen and oxygen atoms in total. The molecule has 0 aromatic heterocycles. The van der Waals surface area contributed by atoms with E-state index in [4.69, 9.17) is 4.74 Å². The Morgan fingerprint density at radius 3 is 1.77 bits per heavy atom.